The highest BCUT2D eigenvalue weighted by atomic mass is 32.2. The molecule has 0 spiro atoms. The first-order valence-electron chi connectivity index (χ1n) is 9.82. The van der Waals surface area contributed by atoms with Gasteiger partial charge in [-0.15, -0.1) is 0 Å². The number of allylic oxidation sites excluding steroid dienone is 1. The molecule has 1 fully saturated rings. The zero-order valence-corrected chi connectivity index (χ0v) is 16.8. The summed E-state index contributed by atoms with van der Waals surface area (Å²) < 4.78 is 33.5. The maximum absolute atomic E-state index is 13.1. The van der Waals surface area contributed by atoms with E-state index in [1.165, 1.54) is 5.56 Å². The zero-order chi connectivity index (χ0) is 19.4. The number of hydrogen-bond donors (Lipinski definition) is 0. The van der Waals surface area contributed by atoms with Crippen molar-refractivity contribution in [1.82, 2.24) is 9.21 Å². The van der Waals surface area contributed by atoms with Crippen molar-refractivity contribution in [2.75, 3.05) is 39.3 Å². The number of rotatable bonds is 6. The van der Waals surface area contributed by atoms with Crippen molar-refractivity contribution in [3.05, 3.63) is 70.6 Å². The molecular weight excluding hydrogens is 372 g/mol. The van der Waals surface area contributed by atoms with Gasteiger partial charge in [0.2, 0.25) is 10.0 Å². The van der Waals surface area contributed by atoms with Gasteiger partial charge in [-0.25, -0.2) is 8.42 Å². The molecule has 2 aromatic carbocycles. The molecule has 0 saturated carbocycles. The SMILES string of the molecule is O=S(=O)(C1=Cc2ccccc2CC1)N1CCN(CCOc2ccccc2)CC1. The van der Waals surface area contributed by atoms with Crippen molar-refractivity contribution >= 4 is 16.1 Å². The summed E-state index contributed by atoms with van der Waals surface area (Å²) in [5.74, 6) is 0.869. The fraction of sp³-hybridized carbons (Fsp3) is 0.364. The quantitative estimate of drug-likeness (QED) is 0.751. The second-order valence-corrected chi connectivity index (χ2v) is 9.21. The van der Waals surface area contributed by atoms with E-state index in [1.54, 1.807) is 4.31 Å². The molecule has 1 saturated heterocycles. The van der Waals surface area contributed by atoms with Crippen molar-refractivity contribution in [2.45, 2.75) is 12.8 Å². The second-order valence-electron chi connectivity index (χ2n) is 7.22. The van der Waals surface area contributed by atoms with Crippen LogP contribution < -0.4 is 4.74 Å². The molecule has 1 aliphatic carbocycles. The maximum Gasteiger partial charge on any atom is 0.239 e. The predicted octanol–water partition coefficient (Wildman–Crippen LogP) is 3.00. The van der Waals surface area contributed by atoms with Crippen molar-refractivity contribution in [3.8, 4) is 5.75 Å². The highest BCUT2D eigenvalue weighted by molar-refractivity contribution is 7.93. The average molecular weight is 399 g/mol. The summed E-state index contributed by atoms with van der Waals surface area (Å²) in [6.45, 7) is 3.96. The number of nitrogens with zero attached hydrogens (tertiary/aromatic N) is 2. The average Bonchev–Trinajstić information content (AvgIpc) is 2.74. The van der Waals surface area contributed by atoms with Gasteiger partial charge in [-0.05, 0) is 42.2 Å². The van der Waals surface area contributed by atoms with Gasteiger partial charge in [0.05, 0.1) is 4.91 Å². The third-order valence-electron chi connectivity index (χ3n) is 5.43. The van der Waals surface area contributed by atoms with Crippen molar-refractivity contribution in [2.24, 2.45) is 0 Å². The second kappa shape index (κ2) is 8.47. The van der Waals surface area contributed by atoms with Gasteiger partial charge in [0.25, 0.3) is 0 Å². The van der Waals surface area contributed by atoms with Crippen LogP contribution in [-0.4, -0.2) is 57.0 Å². The lowest BCUT2D eigenvalue weighted by Crippen LogP contribution is -2.49. The zero-order valence-electron chi connectivity index (χ0n) is 16.0. The first-order valence-corrected chi connectivity index (χ1v) is 11.3. The third kappa shape index (κ3) is 4.29. The number of para-hydroxylation sites is 1. The van der Waals surface area contributed by atoms with Crippen LogP contribution in [0.15, 0.2) is 59.5 Å². The lowest BCUT2D eigenvalue weighted by Gasteiger charge is -2.34. The van der Waals surface area contributed by atoms with Gasteiger partial charge in [-0.1, -0.05) is 42.5 Å². The smallest absolute Gasteiger partial charge is 0.239 e. The summed E-state index contributed by atoms with van der Waals surface area (Å²) in [7, 11) is -3.38. The monoisotopic (exact) mass is 398 g/mol. The largest absolute Gasteiger partial charge is 0.492 e. The molecule has 1 heterocycles. The number of piperazine rings is 1. The van der Waals surface area contributed by atoms with E-state index >= 15 is 0 Å². The molecule has 0 unspecified atom stereocenters. The van der Waals surface area contributed by atoms with Crippen LogP contribution >= 0.6 is 0 Å². The Morgan fingerprint density at radius 3 is 2.36 bits per heavy atom. The number of ether oxygens (including phenoxy) is 1. The molecule has 0 bridgehead atoms. The molecule has 2 aliphatic rings. The highest BCUT2D eigenvalue weighted by Gasteiger charge is 2.31. The highest BCUT2D eigenvalue weighted by Crippen LogP contribution is 2.29. The molecule has 28 heavy (non-hydrogen) atoms. The Balaban J connectivity index is 1.31. The van der Waals surface area contributed by atoms with Crippen LogP contribution in [0.3, 0.4) is 0 Å². The van der Waals surface area contributed by atoms with Crippen LogP contribution in [0.1, 0.15) is 17.5 Å². The Hall–Kier alpha value is -2.15. The minimum atomic E-state index is -3.38. The van der Waals surface area contributed by atoms with Crippen molar-refractivity contribution < 1.29 is 13.2 Å². The van der Waals surface area contributed by atoms with E-state index in [1.807, 2.05) is 54.6 Å². The molecule has 0 radical (unpaired) electrons. The lowest BCUT2D eigenvalue weighted by molar-refractivity contribution is 0.159. The Morgan fingerprint density at radius 2 is 1.57 bits per heavy atom. The van der Waals surface area contributed by atoms with Gasteiger partial charge < -0.3 is 4.74 Å². The number of benzene rings is 2. The van der Waals surface area contributed by atoms with E-state index in [2.05, 4.69) is 11.0 Å². The van der Waals surface area contributed by atoms with Crippen LogP contribution in [0.5, 0.6) is 5.75 Å². The molecule has 2 aromatic rings. The molecule has 0 N–H and O–H groups in total. The minimum absolute atomic E-state index is 0.534. The summed E-state index contributed by atoms with van der Waals surface area (Å²) in [5, 5.41) is 0. The van der Waals surface area contributed by atoms with E-state index in [0.29, 0.717) is 31.0 Å². The first-order chi connectivity index (χ1) is 13.6. The van der Waals surface area contributed by atoms with E-state index in [9.17, 15) is 8.42 Å². The molecular formula is C22H26N2O3S. The molecule has 0 aromatic heterocycles. The van der Waals surface area contributed by atoms with Crippen LogP contribution in [0.2, 0.25) is 0 Å². The molecule has 148 valence electrons. The fourth-order valence-corrected chi connectivity index (χ4v) is 5.39. The number of fused-ring (bicyclic) bond motifs is 1. The molecule has 1 aliphatic heterocycles. The van der Waals surface area contributed by atoms with Gasteiger partial charge in [0.15, 0.2) is 0 Å². The summed E-state index contributed by atoms with van der Waals surface area (Å²) in [6.07, 6.45) is 3.23. The van der Waals surface area contributed by atoms with Gasteiger partial charge >= 0.3 is 0 Å². The van der Waals surface area contributed by atoms with Gasteiger partial charge in [-0.3, -0.25) is 4.90 Å². The van der Waals surface area contributed by atoms with Crippen molar-refractivity contribution in [1.29, 1.82) is 0 Å². The van der Waals surface area contributed by atoms with Gasteiger partial charge in [-0.2, -0.15) is 4.31 Å². The standard InChI is InChI=1S/C22H26N2O3S/c25-28(26,22-11-10-19-6-4-5-7-20(19)18-22)24-14-12-23(13-15-24)16-17-27-21-8-2-1-3-9-21/h1-9,18H,10-17H2. The molecule has 5 nitrogen and oxygen atoms in total. The normalized spacial score (nSPS) is 18.4. The minimum Gasteiger partial charge on any atom is -0.492 e. The molecule has 0 amide bonds. The summed E-state index contributed by atoms with van der Waals surface area (Å²) in [6, 6.07) is 17.8. The number of sulfonamides is 1. The topological polar surface area (TPSA) is 49.9 Å². The van der Waals surface area contributed by atoms with Crippen LogP contribution in [0, 0.1) is 0 Å². The summed E-state index contributed by atoms with van der Waals surface area (Å²) in [5.41, 5.74) is 2.26. The molecule has 0 atom stereocenters. The summed E-state index contributed by atoms with van der Waals surface area (Å²) >= 11 is 0. The number of hydrogen-bond acceptors (Lipinski definition) is 4. The van der Waals surface area contributed by atoms with Gasteiger partial charge in [0.1, 0.15) is 12.4 Å². The predicted molar refractivity (Wildman–Crippen MR) is 112 cm³/mol. The Bertz CT molecular complexity index is 933. The Kier molecular flexibility index (Phi) is 5.80. The van der Waals surface area contributed by atoms with Crippen LogP contribution in [0.4, 0.5) is 0 Å². The third-order valence-corrected chi connectivity index (χ3v) is 7.46. The summed E-state index contributed by atoms with van der Waals surface area (Å²) in [4.78, 5) is 2.81. The van der Waals surface area contributed by atoms with E-state index < -0.39 is 10.0 Å². The Labute approximate surface area is 167 Å². The van der Waals surface area contributed by atoms with E-state index in [0.717, 1.165) is 37.4 Å². The number of aryl methyl sites for hydroxylation is 1. The van der Waals surface area contributed by atoms with E-state index in [4.69, 9.17) is 4.74 Å². The van der Waals surface area contributed by atoms with E-state index in [-0.39, 0.29) is 0 Å². The maximum atomic E-state index is 13.1. The lowest BCUT2D eigenvalue weighted by atomic mass is 9.98. The molecule has 4 rings (SSSR count). The van der Waals surface area contributed by atoms with Gasteiger partial charge in [0, 0.05) is 32.7 Å². The Morgan fingerprint density at radius 1 is 0.857 bits per heavy atom. The van der Waals surface area contributed by atoms with Crippen LogP contribution in [0.25, 0.3) is 6.08 Å². The molecule has 6 heteroatoms. The first kappa shape index (κ1) is 19.2. The fourth-order valence-electron chi connectivity index (χ4n) is 3.78. The van der Waals surface area contributed by atoms with Crippen molar-refractivity contribution in [3.63, 3.8) is 0 Å². The van der Waals surface area contributed by atoms with Crippen LogP contribution in [-0.2, 0) is 16.4 Å².